The Balaban J connectivity index is 0.912. The van der Waals surface area contributed by atoms with E-state index in [0.29, 0.717) is 0 Å². The average Bonchev–Trinajstić information content (AvgIpc) is 3.30. The molecule has 0 bridgehead atoms. The summed E-state index contributed by atoms with van der Waals surface area (Å²) in [5.74, 6) is 0. The van der Waals surface area contributed by atoms with Gasteiger partial charge in [0, 0.05) is 49.2 Å². The molecule has 0 unspecified atom stereocenters. The highest BCUT2D eigenvalue weighted by Gasteiger charge is 2.24. The molecule has 0 aliphatic heterocycles. The molecule has 0 radical (unpaired) electrons. The standard InChI is InChI=1S/C59H52N4/c1-57(2,3)45-25-13-37(14-26-45)49-33-21-41-9-11-43-23-35-51(62-55(43)53(41)60-49)39-17-29-47(30-18-39)59(7,8)48-31-19-40(20-32-48)52-36-24-44-12-10-42-22-34-50(61-54(42)56(44)63-52)38-15-27-46(28-16-38)58(4,5)6/h9-36H,1-8H3. The van der Waals surface area contributed by atoms with Gasteiger partial charge in [0.05, 0.1) is 44.8 Å². The molecule has 4 heterocycles. The van der Waals surface area contributed by atoms with Crippen LogP contribution in [0.5, 0.6) is 0 Å². The van der Waals surface area contributed by atoms with Crippen molar-refractivity contribution in [2.75, 3.05) is 0 Å². The van der Waals surface area contributed by atoms with Crippen LogP contribution in [0.1, 0.15) is 77.6 Å². The fourth-order valence-electron chi connectivity index (χ4n) is 8.74. The summed E-state index contributed by atoms with van der Waals surface area (Å²) in [4.78, 5) is 20.8. The third-order valence-electron chi connectivity index (χ3n) is 12.9. The van der Waals surface area contributed by atoms with E-state index < -0.39 is 0 Å². The van der Waals surface area contributed by atoms with Gasteiger partial charge in [0.1, 0.15) is 0 Å². The van der Waals surface area contributed by atoms with Gasteiger partial charge in [0.2, 0.25) is 0 Å². The first-order valence-electron chi connectivity index (χ1n) is 22.0. The van der Waals surface area contributed by atoms with E-state index in [1.165, 1.54) is 22.3 Å². The molecule has 0 saturated heterocycles. The van der Waals surface area contributed by atoms with E-state index in [0.717, 1.165) is 88.6 Å². The Hall–Kier alpha value is -7.04. The van der Waals surface area contributed by atoms with E-state index >= 15 is 0 Å². The van der Waals surface area contributed by atoms with E-state index in [4.69, 9.17) is 19.9 Å². The van der Waals surface area contributed by atoms with Crippen LogP contribution in [-0.4, -0.2) is 19.9 Å². The SMILES string of the molecule is CC(C)(C)c1ccc(-c2ccc3ccc4ccc(-c5ccc(C(C)(C)c6ccc(-c7ccc8ccc9ccc(-c%10ccc(C(C)(C)C)cc%10)nc9c8n7)cc6)cc5)nc4c3n2)cc1. The van der Waals surface area contributed by atoms with Gasteiger partial charge >= 0.3 is 0 Å². The van der Waals surface area contributed by atoms with Crippen molar-refractivity contribution in [2.45, 2.75) is 71.6 Å². The largest absolute Gasteiger partial charge is 0.245 e. The van der Waals surface area contributed by atoms with E-state index in [2.05, 4.69) is 225 Å². The van der Waals surface area contributed by atoms with E-state index in [9.17, 15) is 0 Å². The molecule has 0 fully saturated rings. The Morgan fingerprint density at radius 3 is 0.667 bits per heavy atom. The Bertz CT molecular complexity index is 3100. The van der Waals surface area contributed by atoms with Gasteiger partial charge in [0.15, 0.2) is 0 Å². The lowest BCUT2D eigenvalue weighted by molar-refractivity contribution is 0.590. The fourth-order valence-corrected chi connectivity index (χ4v) is 8.74. The predicted octanol–water partition coefficient (Wildman–Crippen LogP) is 15.5. The van der Waals surface area contributed by atoms with E-state index in [1.54, 1.807) is 0 Å². The highest BCUT2D eigenvalue weighted by molar-refractivity contribution is 6.05. The van der Waals surface area contributed by atoms with Crippen molar-refractivity contribution < 1.29 is 0 Å². The first kappa shape index (κ1) is 40.1. The lowest BCUT2D eigenvalue weighted by Crippen LogP contribution is -2.18. The summed E-state index contributed by atoms with van der Waals surface area (Å²) in [6.45, 7) is 18.0. The minimum absolute atomic E-state index is 0.102. The van der Waals surface area contributed by atoms with Crippen molar-refractivity contribution in [3.8, 4) is 45.0 Å². The molecule has 308 valence electrons. The summed E-state index contributed by atoms with van der Waals surface area (Å²) < 4.78 is 0. The second-order valence-electron chi connectivity index (χ2n) is 19.6. The molecule has 10 rings (SSSR count). The Morgan fingerprint density at radius 1 is 0.238 bits per heavy atom. The summed E-state index contributed by atoms with van der Waals surface area (Å²) in [6.07, 6.45) is 0. The molecule has 4 aromatic heterocycles. The van der Waals surface area contributed by atoms with Crippen LogP contribution in [0.25, 0.3) is 88.6 Å². The summed E-state index contributed by atoms with van der Waals surface area (Å²) in [6, 6.07) is 61.0. The highest BCUT2D eigenvalue weighted by Crippen LogP contribution is 2.36. The molecule has 10 aromatic rings. The Morgan fingerprint density at radius 2 is 0.444 bits per heavy atom. The zero-order chi connectivity index (χ0) is 43.7. The molecule has 0 amide bonds. The molecule has 0 N–H and O–H groups in total. The van der Waals surface area contributed by atoms with E-state index in [-0.39, 0.29) is 16.2 Å². The molecule has 0 aliphatic carbocycles. The van der Waals surface area contributed by atoms with Crippen molar-refractivity contribution in [3.63, 3.8) is 0 Å². The van der Waals surface area contributed by atoms with Crippen LogP contribution in [0, 0.1) is 0 Å². The van der Waals surface area contributed by atoms with Crippen molar-refractivity contribution in [2.24, 2.45) is 0 Å². The number of hydrogen-bond donors (Lipinski definition) is 0. The lowest BCUT2D eigenvalue weighted by Gasteiger charge is -2.26. The number of aromatic nitrogens is 4. The van der Waals surface area contributed by atoms with Gasteiger partial charge in [-0.1, -0.05) is 201 Å². The monoisotopic (exact) mass is 816 g/mol. The summed E-state index contributed by atoms with van der Waals surface area (Å²) in [5.41, 5.74) is 16.9. The Labute approximate surface area is 370 Å². The summed E-state index contributed by atoms with van der Waals surface area (Å²) >= 11 is 0. The Kier molecular flexibility index (Phi) is 9.60. The molecule has 0 aliphatic rings. The van der Waals surface area contributed by atoms with Crippen LogP contribution >= 0.6 is 0 Å². The van der Waals surface area contributed by atoms with Gasteiger partial charge in [-0.2, -0.15) is 0 Å². The third-order valence-corrected chi connectivity index (χ3v) is 12.9. The van der Waals surface area contributed by atoms with Crippen LogP contribution in [0.4, 0.5) is 0 Å². The number of pyridine rings is 4. The predicted molar refractivity (Wildman–Crippen MR) is 265 cm³/mol. The van der Waals surface area contributed by atoms with Crippen molar-refractivity contribution in [1.29, 1.82) is 0 Å². The zero-order valence-electron chi connectivity index (χ0n) is 37.5. The van der Waals surface area contributed by atoms with Gasteiger partial charge in [0.25, 0.3) is 0 Å². The minimum atomic E-state index is -0.228. The van der Waals surface area contributed by atoms with Crippen LogP contribution in [0.2, 0.25) is 0 Å². The number of rotatable bonds is 6. The average molecular weight is 817 g/mol. The maximum atomic E-state index is 5.23. The van der Waals surface area contributed by atoms with Crippen LogP contribution in [0.3, 0.4) is 0 Å². The third kappa shape index (κ3) is 7.54. The van der Waals surface area contributed by atoms with Gasteiger partial charge in [-0.25, -0.2) is 19.9 Å². The molecule has 4 nitrogen and oxygen atoms in total. The molecule has 0 atom stereocenters. The molecule has 63 heavy (non-hydrogen) atoms. The second kappa shape index (κ2) is 15.1. The zero-order valence-corrected chi connectivity index (χ0v) is 37.5. The smallest absolute Gasteiger partial charge is 0.0972 e. The number of nitrogens with zero attached hydrogens (tertiary/aromatic N) is 4. The quantitative estimate of drug-likeness (QED) is 0.157. The van der Waals surface area contributed by atoms with Crippen LogP contribution in [-0.2, 0) is 16.2 Å². The van der Waals surface area contributed by atoms with Crippen molar-refractivity contribution >= 4 is 43.6 Å². The number of benzene rings is 6. The van der Waals surface area contributed by atoms with Crippen molar-refractivity contribution in [1.82, 2.24) is 19.9 Å². The minimum Gasteiger partial charge on any atom is -0.245 e. The molecule has 0 saturated carbocycles. The molecule has 6 aromatic carbocycles. The summed E-state index contributed by atoms with van der Waals surface area (Å²) in [5, 5.41) is 4.32. The van der Waals surface area contributed by atoms with Crippen LogP contribution < -0.4 is 0 Å². The molecule has 0 spiro atoms. The van der Waals surface area contributed by atoms with E-state index in [1.807, 2.05) is 0 Å². The maximum absolute atomic E-state index is 5.23. The maximum Gasteiger partial charge on any atom is 0.0972 e. The van der Waals surface area contributed by atoms with Crippen molar-refractivity contribution in [3.05, 3.63) is 192 Å². The highest BCUT2D eigenvalue weighted by atomic mass is 14.8. The fraction of sp³-hybridized carbons (Fsp3) is 0.186. The van der Waals surface area contributed by atoms with Gasteiger partial charge in [-0.15, -0.1) is 0 Å². The molecular formula is C59H52N4. The summed E-state index contributed by atoms with van der Waals surface area (Å²) in [7, 11) is 0. The van der Waals surface area contributed by atoms with Gasteiger partial charge in [-0.3, -0.25) is 0 Å². The van der Waals surface area contributed by atoms with Crippen LogP contribution in [0.15, 0.2) is 170 Å². The topological polar surface area (TPSA) is 51.6 Å². The molecule has 4 heteroatoms. The molecular weight excluding hydrogens is 765 g/mol. The second-order valence-corrected chi connectivity index (χ2v) is 19.6. The van der Waals surface area contributed by atoms with Gasteiger partial charge in [-0.05, 0) is 57.3 Å². The first-order valence-corrected chi connectivity index (χ1v) is 22.0. The number of fused-ring (bicyclic) bond motifs is 6. The lowest BCUT2D eigenvalue weighted by atomic mass is 9.77. The van der Waals surface area contributed by atoms with Gasteiger partial charge < -0.3 is 0 Å². The number of hydrogen-bond acceptors (Lipinski definition) is 4. The first-order chi connectivity index (χ1) is 30.2. The normalized spacial score (nSPS) is 12.4.